The summed E-state index contributed by atoms with van der Waals surface area (Å²) in [5.74, 6) is -0.348. The summed E-state index contributed by atoms with van der Waals surface area (Å²) >= 11 is 0. The molecular formula is C17H20N2O3. The van der Waals surface area contributed by atoms with Gasteiger partial charge in [0, 0.05) is 13.6 Å². The predicted molar refractivity (Wildman–Crippen MR) is 83.3 cm³/mol. The van der Waals surface area contributed by atoms with Crippen molar-refractivity contribution in [3.05, 3.63) is 59.5 Å². The van der Waals surface area contributed by atoms with Crippen LogP contribution in [-0.4, -0.2) is 29.8 Å². The van der Waals surface area contributed by atoms with E-state index in [1.165, 1.54) is 6.26 Å². The number of carbonyl (C=O) groups is 2. The number of carbonyl (C=O) groups excluding carboxylic acids is 2. The molecule has 0 aliphatic carbocycles. The molecule has 2 aromatic rings. The van der Waals surface area contributed by atoms with Gasteiger partial charge in [0.05, 0.1) is 6.26 Å². The van der Waals surface area contributed by atoms with Gasteiger partial charge in [-0.2, -0.15) is 0 Å². The van der Waals surface area contributed by atoms with Crippen molar-refractivity contribution in [2.45, 2.75) is 26.4 Å². The zero-order valence-electron chi connectivity index (χ0n) is 13.0. The molecule has 5 nitrogen and oxygen atoms in total. The van der Waals surface area contributed by atoms with Crippen LogP contribution >= 0.6 is 0 Å². The normalized spacial score (nSPS) is 11.8. The molecule has 0 saturated heterocycles. The second-order valence-corrected chi connectivity index (χ2v) is 5.29. The molecule has 0 aliphatic heterocycles. The first-order chi connectivity index (χ1) is 10.5. The van der Waals surface area contributed by atoms with E-state index >= 15 is 0 Å². The van der Waals surface area contributed by atoms with E-state index in [0.29, 0.717) is 6.54 Å². The molecule has 0 saturated carbocycles. The van der Waals surface area contributed by atoms with Crippen LogP contribution in [0, 0.1) is 6.92 Å². The van der Waals surface area contributed by atoms with Crippen LogP contribution in [0.2, 0.25) is 0 Å². The van der Waals surface area contributed by atoms with Crippen molar-refractivity contribution in [1.29, 1.82) is 0 Å². The standard InChI is InChI=1S/C17H20N2O3/c1-12-7-4-5-8-14(12)11-19(3)17(21)13(2)18-16(20)15-9-6-10-22-15/h4-10,13H,11H2,1-3H3,(H,18,20). The smallest absolute Gasteiger partial charge is 0.287 e. The van der Waals surface area contributed by atoms with Gasteiger partial charge in [-0.05, 0) is 37.1 Å². The van der Waals surface area contributed by atoms with Crippen molar-refractivity contribution < 1.29 is 14.0 Å². The summed E-state index contributed by atoms with van der Waals surface area (Å²) in [5.41, 5.74) is 2.22. The van der Waals surface area contributed by atoms with Crippen LogP contribution < -0.4 is 5.32 Å². The minimum atomic E-state index is -0.619. The van der Waals surface area contributed by atoms with E-state index in [0.717, 1.165) is 11.1 Å². The van der Waals surface area contributed by atoms with Crippen molar-refractivity contribution in [3.8, 4) is 0 Å². The monoisotopic (exact) mass is 300 g/mol. The van der Waals surface area contributed by atoms with Crippen LogP contribution in [-0.2, 0) is 11.3 Å². The van der Waals surface area contributed by atoms with E-state index in [-0.39, 0.29) is 11.7 Å². The Morgan fingerprint density at radius 2 is 1.95 bits per heavy atom. The molecule has 5 heteroatoms. The van der Waals surface area contributed by atoms with Gasteiger partial charge in [-0.25, -0.2) is 0 Å². The van der Waals surface area contributed by atoms with Gasteiger partial charge >= 0.3 is 0 Å². The Balaban J connectivity index is 1.95. The Morgan fingerprint density at radius 3 is 2.59 bits per heavy atom. The Kier molecular flexibility index (Phi) is 4.99. The summed E-state index contributed by atoms with van der Waals surface area (Å²) in [6.45, 7) is 4.18. The Morgan fingerprint density at radius 1 is 1.23 bits per heavy atom. The van der Waals surface area contributed by atoms with Crippen molar-refractivity contribution in [2.24, 2.45) is 0 Å². The van der Waals surface area contributed by atoms with E-state index in [2.05, 4.69) is 5.32 Å². The Bertz CT molecular complexity index is 650. The van der Waals surface area contributed by atoms with E-state index in [1.807, 2.05) is 31.2 Å². The number of hydrogen-bond donors (Lipinski definition) is 1. The number of likely N-dealkylation sites (N-methyl/N-ethyl adjacent to an activating group) is 1. The lowest BCUT2D eigenvalue weighted by Gasteiger charge is -2.22. The molecule has 1 unspecified atom stereocenters. The third-order valence-electron chi connectivity index (χ3n) is 3.51. The fraction of sp³-hybridized carbons (Fsp3) is 0.294. The van der Waals surface area contributed by atoms with Gasteiger partial charge in [-0.1, -0.05) is 24.3 Å². The zero-order valence-corrected chi connectivity index (χ0v) is 13.0. The maximum Gasteiger partial charge on any atom is 0.287 e. The molecule has 0 fully saturated rings. The quantitative estimate of drug-likeness (QED) is 0.922. The number of furan rings is 1. The fourth-order valence-electron chi connectivity index (χ4n) is 2.19. The average Bonchev–Trinajstić information content (AvgIpc) is 3.03. The summed E-state index contributed by atoms with van der Waals surface area (Å²) in [6, 6.07) is 10.5. The SMILES string of the molecule is Cc1ccccc1CN(C)C(=O)C(C)NC(=O)c1ccco1. The minimum Gasteiger partial charge on any atom is -0.459 e. The van der Waals surface area contributed by atoms with Crippen LogP contribution in [0.1, 0.15) is 28.6 Å². The number of aryl methyl sites for hydroxylation is 1. The largest absolute Gasteiger partial charge is 0.459 e. The highest BCUT2D eigenvalue weighted by Gasteiger charge is 2.21. The summed E-state index contributed by atoms with van der Waals surface area (Å²) in [5, 5.41) is 2.64. The maximum atomic E-state index is 12.3. The van der Waals surface area contributed by atoms with Crippen LogP contribution in [0.15, 0.2) is 47.1 Å². The van der Waals surface area contributed by atoms with Crippen LogP contribution in [0.5, 0.6) is 0 Å². The second-order valence-electron chi connectivity index (χ2n) is 5.29. The molecule has 1 N–H and O–H groups in total. The molecule has 2 rings (SSSR count). The first kappa shape index (κ1) is 15.8. The summed E-state index contributed by atoms with van der Waals surface area (Å²) < 4.78 is 5.01. The van der Waals surface area contributed by atoms with Crippen molar-refractivity contribution in [2.75, 3.05) is 7.05 Å². The van der Waals surface area contributed by atoms with E-state index in [1.54, 1.807) is 31.0 Å². The maximum absolute atomic E-state index is 12.3. The summed E-state index contributed by atoms with van der Waals surface area (Å²) in [7, 11) is 1.73. The number of hydrogen-bond acceptors (Lipinski definition) is 3. The minimum absolute atomic E-state index is 0.150. The molecule has 2 amide bonds. The highest BCUT2D eigenvalue weighted by atomic mass is 16.3. The highest BCUT2D eigenvalue weighted by Crippen LogP contribution is 2.10. The van der Waals surface area contributed by atoms with Crippen molar-refractivity contribution in [3.63, 3.8) is 0 Å². The Labute approximate surface area is 129 Å². The molecule has 116 valence electrons. The molecule has 0 bridgehead atoms. The second kappa shape index (κ2) is 6.93. The van der Waals surface area contributed by atoms with Crippen LogP contribution in [0.25, 0.3) is 0 Å². The molecular weight excluding hydrogens is 280 g/mol. The number of nitrogens with zero attached hydrogens (tertiary/aromatic N) is 1. The van der Waals surface area contributed by atoms with Gasteiger partial charge in [-0.15, -0.1) is 0 Å². The third-order valence-corrected chi connectivity index (χ3v) is 3.51. The lowest BCUT2D eigenvalue weighted by atomic mass is 10.1. The van der Waals surface area contributed by atoms with E-state index in [4.69, 9.17) is 4.42 Å². The molecule has 1 heterocycles. The number of rotatable bonds is 5. The van der Waals surface area contributed by atoms with Crippen LogP contribution in [0.3, 0.4) is 0 Å². The lowest BCUT2D eigenvalue weighted by Crippen LogP contribution is -2.45. The highest BCUT2D eigenvalue weighted by molar-refractivity contribution is 5.95. The summed E-state index contributed by atoms with van der Waals surface area (Å²) in [6.07, 6.45) is 1.42. The van der Waals surface area contributed by atoms with E-state index < -0.39 is 11.9 Å². The molecule has 22 heavy (non-hydrogen) atoms. The number of benzene rings is 1. The first-order valence-corrected chi connectivity index (χ1v) is 7.13. The number of nitrogens with one attached hydrogen (secondary N) is 1. The molecule has 1 atom stereocenters. The topological polar surface area (TPSA) is 62.6 Å². The Hall–Kier alpha value is -2.56. The summed E-state index contributed by atoms with van der Waals surface area (Å²) in [4.78, 5) is 25.8. The first-order valence-electron chi connectivity index (χ1n) is 7.13. The van der Waals surface area contributed by atoms with Gasteiger partial charge in [0.15, 0.2) is 5.76 Å². The van der Waals surface area contributed by atoms with Crippen LogP contribution in [0.4, 0.5) is 0 Å². The molecule has 1 aromatic heterocycles. The van der Waals surface area contributed by atoms with Gasteiger partial charge < -0.3 is 14.6 Å². The molecule has 1 aromatic carbocycles. The molecule has 0 radical (unpaired) electrons. The number of amides is 2. The zero-order chi connectivity index (χ0) is 16.1. The average molecular weight is 300 g/mol. The van der Waals surface area contributed by atoms with Gasteiger partial charge in [0.1, 0.15) is 6.04 Å². The fourth-order valence-corrected chi connectivity index (χ4v) is 2.19. The van der Waals surface area contributed by atoms with E-state index in [9.17, 15) is 9.59 Å². The lowest BCUT2D eigenvalue weighted by molar-refractivity contribution is -0.132. The van der Waals surface area contributed by atoms with Gasteiger partial charge in [-0.3, -0.25) is 9.59 Å². The molecule has 0 spiro atoms. The van der Waals surface area contributed by atoms with Gasteiger partial charge in [0.25, 0.3) is 5.91 Å². The van der Waals surface area contributed by atoms with Gasteiger partial charge in [0.2, 0.25) is 5.91 Å². The van der Waals surface area contributed by atoms with Crippen molar-refractivity contribution >= 4 is 11.8 Å². The van der Waals surface area contributed by atoms with Crippen molar-refractivity contribution in [1.82, 2.24) is 10.2 Å². The molecule has 0 aliphatic rings. The predicted octanol–water partition coefficient (Wildman–Crippen LogP) is 2.36. The third kappa shape index (κ3) is 3.75.